The number of rotatable bonds is 4. The second-order valence-electron chi connectivity index (χ2n) is 4.61. The molecule has 1 N–H and O–H groups in total. The highest BCUT2D eigenvalue weighted by Gasteiger charge is 2.55. The zero-order valence-corrected chi connectivity index (χ0v) is 9.08. The minimum absolute atomic E-state index is 0.175. The Morgan fingerprint density at radius 1 is 1.31 bits per heavy atom. The first kappa shape index (κ1) is 10.3. The Morgan fingerprint density at radius 2 is 2.12 bits per heavy atom. The molecule has 1 aliphatic carbocycles. The van der Waals surface area contributed by atoms with Crippen molar-refractivity contribution in [1.29, 1.82) is 0 Å². The molecule has 3 rings (SSSR count). The highest BCUT2D eigenvalue weighted by atomic mass is 16.6. The number of aliphatic hydroxyl groups is 1. The van der Waals surface area contributed by atoms with Crippen LogP contribution in [0.2, 0.25) is 0 Å². The Balaban J connectivity index is 1.47. The summed E-state index contributed by atoms with van der Waals surface area (Å²) in [5.74, 6) is 0.175. The molecule has 4 atom stereocenters. The maximum Gasteiger partial charge on any atom is 0.0917 e. The molecule has 2 fully saturated rings. The van der Waals surface area contributed by atoms with Crippen molar-refractivity contribution in [2.75, 3.05) is 6.61 Å². The van der Waals surface area contributed by atoms with Gasteiger partial charge in [-0.1, -0.05) is 30.3 Å². The van der Waals surface area contributed by atoms with Gasteiger partial charge >= 0.3 is 0 Å². The summed E-state index contributed by atoms with van der Waals surface area (Å²) in [5.41, 5.74) is 1.17. The number of aliphatic hydroxyl groups excluding tert-OH is 1. The number of benzene rings is 1. The molecule has 1 aliphatic heterocycles. The number of ether oxygens (including phenoxy) is 2. The minimum atomic E-state index is -0.237. The van der Waals surface area contributed by atoms with Gasteiger partial charge in [0.25, 0.3) is 0 Å². The third-order valence-electron chi connectivity index (χ3n) is 3.43. The second-order valence-corrected chi connectivity index (χ2v) is 4.61. The molecule has 0 bridgehead atoms. The van der Waals surface area contributed by atoms with Crippen molar-refractivity contribution in [3.8, 4) is 0 Å². The maximum atomic E-state index is 9.73. The van der Waals surface area contributed by atoms with E-state index in [2.05, 4.69) is 0 Å². The van der Waals surface area contributed by atoms with Crippen LogP contribution >= 0.6 is 0 Å². The normalized spacial score (nSPS) is 36.1. The second kappa shape index (κ2) is 4.17. The Labute approximate surface area is 95.0 Å². The first-order valence-electron chi connectivity index (χ1n) is 5.80. The van der Waals surface area contributed by atoms with Crippen LogP contribution in [0.4, 0.5) is 0 Å². The van der Waals surface area contributed by atoms with Gasteiger partial charge in [0.05, 0.1) is 31.5 Å². The molecule has 2 aliphatic rings. The van der Waals surface area contributed by atoms with Gasteiger partial charge in [0.2, 0.25) is 0 Å². The van der Waals surface area contributed by atoms with Crippen molar-refractivity contribution >= 4 is 0 Å². The summed E-state index contributed by atoms with van der Waals surface area (Å²) in [4.78, 5) is 0. The molecule has 0 amide bonds. The van der Waals surface area contributed by atoms with Gasteiger partial charge < -0.3 is 14.6 Å². The van der Waals surface area contributed by atoms with E-state index in [1.165, 1.54) is 5.56 Å². The summed E-state index contributed by atoms with van der Waals surface area (Å²) in [7, 11) is 0. The zero-order valence-electron chi connectivity index (χ0n) is 9.08. The van der Waals surface area contributed by atoms with Crippen LogP contribution in [0.3, 0.4) is 0 Å². The van der Waals surface area contributed by atoms with E-state index < -0.39 is 0 Å². The molecule has 1 aromatic carbocycles. The predicted octanol–water partition coefficient (Wildman–Crippen LogP) is 1.35. The summed E-state index contributed by atoms with van der Waals surface area (Å²) in [6.45, 7) is 1.21. The Kier molecular flexibility index (Phi) is 2.67. The first-order valence-corrected chi connectivity index (χ1v) is 5.80. The Hall–Kier alpha value is -0.900. The maximum absolute atomic E-state index is 9.73. The molecular weight excluding hydrogens is 204 g/mol. The van der Waals surface area contributed by atoms with Crippen molar-refractivity contribution in [2.24, 2.45) is 5.92 Å². The standard InChI is InChI=1S/C13H16O3/c14-11-6-12-13(16-12)10(11)8-15-7-9-4-2-1-3-5-9/h1-5,10-14H,6-8H2/t10-,11-,12+,13-/m1/s1. The van der Waals surface area contributed by atoms with Gasteiger partial charge in [-0.15, -0.1) is 0 Å². The smallest absolute Gasteiger partial charge is 0.0917 e. The average Bonchev–Trinajstić information content (AvgIpc) is 2.98. The van der Waals surface area contributed by atoms with Crippen LogP contribution in [0.5, 0.6) is 0 Å². The number of hydrogen-bond donors (Lipinski definition) is 1. The van der Waals surface area contributed by atoms with Crippen LogP contribution in [-0.4, -0.2) is 30.0 Å². The molecule has 1 saturated carbocycles. The summed E-state index contributed by atoms with van der Waals surface area (Å²) in [6.07, 6.45) is 1.11. The molecule has 1 heterocycles. The van der Waals surface area contributed by atoms with Crippen molar-refractivity contribution < 1.29 is 14.6 Å². The summed E-state index contributed by atoms with van der Waals surface area (Å²) in [5, 5.41) is 9.73. The first-order chi connectivity index (χ1) is 7.84. The quantitative estimate of drug-likeness (QED) is 0.779. The third kappa shape index (κ3) is 1.98. The van der Waals surface area contributed by atoms with Crippen LogP contribution in [-0.2, 0) is 16.1 Å². The fourth-order valence-corrected chi connectivity index (χ4v) is 2.45. The van der Waals surface area contributed by atoms with Gasteiger partial charge in [-0.25, -0.2) is 0 Å². The van der Waals surface area contributed by atoms with Gasteiger partial charge in [-0.3, -0.25) is 0 Å². The van der Waals surface area contributed by atoms with E-state index in [1.54, 1.807) is 0 Å². The molecule has 86 valence electrons. The van der Waals surface area contributed by atoms with Gasteiger partial charge in [-0.2, -0.15) is 0 Å². The Morgan fingerprint density at radius 3 is 2.81 bits per heavy atom. The molecule has 16 heavy (non-hydrogen) atoms. The van der Waals surface area contributed by atoms with E-state index >= 15 is 0 Å². The lowest BCUT2D eigenvalue weighted by Crippen LogP contribution is -2.25. The molecule has 0 radical (unpaired) electrons. The van der Waals surface area contributed by atoms with Gasteiger partial charge in [0, 0.05) is 12.3 Å². The highest BCUT2D eigenvalue weighted by molar-refractivity contribution is 5.13. The van der Waals surface area contributed by atoms with Crippen LogP contribution in [0.1, 0.15) is 12.0 Å². The largest absolute Gasteiger partial charge is 0.393 e. The van der Waals surface area contributed by atoms with Crippen LogP contribution in [0.25, 0.3) is 0 Å². The summed E-state index contributed by atoms with van der Waals surface area (Å²) >= 11 is 0. The van der Waals surface area contributed by atoms with Crippen LogP contribution in [0, 0.1) is 5.92 Å². The fourth-order valence-electron chi connectivity index (χ4n) is 2.45. The highest BCUT2D eigenvalue weighted by Crippen LogP contribution is 2.43. The number of fused-ring (bicyclic) bond motifs is 1. The summed E-state index contributed by atoms with van der Waals surface area (Å²) < 4.78 is 11.0. The van der Waals surface area contributed by atoms with Crippen molar-refractivity contribution in [1.82, 2.24) is 0 Å². The SMILES string of the molecule is O[C@@H]1C[C@@H]2O[C@@H]2[C@@H]1COCc1ccccc1. The van der Waals surface area contributed by atoms with Crippen LogP contribution in [0.15, 0.2) is 30.3 Å². The monoisotopic (exact) mass is 220 g/mol. The lowest BCUT2D eigenvalue weighted by molar-refractivity contribution is 0.00570. The third-order valence-corrected chi connectivity index (χ3v) is 3.43. The van der Waals surface area contributed by atoms with Gasteiger partial charge in [0.1, 0.15) is 0 Å². The molecule has 1 aromatic rings. The lowest BCUT2D eigenvalue weighted by Gasteiger charge is -2.16. The topological polar surface area (TPSA) is 42.0 Å². The molecular formula is C13H16O3. The molecule has 0 unspecified atom stereocenters. The van der Waals surface area contributed by atoms with E-state index in [-0.39, 0.29) is 18.1 Å². The van der Waals surface area contributed by atoms with E-state index in [1.807, 2.05) is 30.3 Å². The average molecular weight is 220 g/mol. The predicted molar refractivity (Wildman–Crippen MR) is 58.9 cm³/mol. The van der Waals surface area contributed by atoms with E-state index in [0.29, 0.717) is 19.3 Å². The van der Waals surface area contributed by atoms with E-state index in [0.717, 1.165) is 6.42 Å². The molecule has 1 saturated heterocycles. The number of epoxide rings is 1. The fraction of sp³-hybridized carbons (Fsp3) is 0.538. The number of hydrogen-bond acceptors (Lipinski definition) is 3. The molecule has 0 aromatic heterocycles. The van der Waals surface area contributed by atoms with Crippen LogP contribution < -0.4 is 0 Å². The molecule has 0 spiro atoms. The van der Waals surface area contributed by atoms with E-state index in [4.69, 9.17) is 9.47 Å². The zero-order chi connectivity index (χ0) is 11.0. The van der Waals surface area contributed by atoms with Gasteiger partial charge in [0.15, 0.2) is 0 Å². The molecule has 3 heteroatoms. The summed E-state index contributed by atoms with van der Waals surface area (Å²) in [6, 6.07) is 10.1. The lowest BCUT2D eigenvalue weighted by atomic mass is 10.1. The van der Waals surface area contributed by atoms with Crippen molar-refractivity contribution in [2.45, 2.75) is 31.3 Å². The van der Waals surface area contributed by atoms with Crippen molar-refractivity contribution in [3.63, 3.8) is 0 Å². The minimum Gasteiger partial charge on any atom is -0.393 e. The Bertz CT molecular complexity index is 349. The molecule has 3 nitrogen and oxygen atoms in total. The van der Waals surface area contributed by atoms with E-state index in [9.17, 15) is 5.11 Å². The van der Waals surface area contributed by atoms with Crippen molar-refractivity contribution in [3.05, 3.63) is 35.9 Å². The van der Waals surface area contributed by atoms with Gasteiger partial charge in [-0.05, 0) is 5.56 Å².